The predicted octanol–water partition coefficient (Wildman–Crippen LogP) is 2.71. The van der Waals surface area contributed by atoms with Crippen LogP contribution in [-0.2, 0) is 16.1 Å². The molecule has 4 rings (SSSR count). The first kappa shape index (κ1) is 28.3. The van der Waals surface area contributed by atoms with Crippen LogP contribution in [-0.4, -0.2) is 84.9 Å². The van der Waals surface area contributed by atoms with Crippen LogP contribution in [0.2, 0.25) is 0 Å². The number of carboxylic acid groups (broad SMARTS) is 2. The number of aromatic nitrogens is 4. The van der Waals surface area contributed by atoms with Gasteiger partial charge in [0.25, 0.3) is 0 Å². The van der Waals surface area contributed by atoms with Gasteiger partial charge in [0, 0.05) is 69.9 Å². The van der Waals surface area contributed by atoms with E-state index >= 15 is 0 Å². The number of rotatable bonds is 3. The molecule has 0 aromatic carbocycles. The van der Waals surface area contributed by atoms with Crippen molar-refractivity contribution >= 4 is 23.4 Å². The minimum Gasteiger partial charge on any atom is -0.475 e. The average molecular weight is 522 g/mol. The first-order chi connectivity index (χ1) is 16.8. The fourth-order valence-corrected chi connectivity index (χ4v) is 2.93. The van der Waals surface area contributed by atoms with E-state index in [1.54, 1.807) is 0 Å². The maximum atomic E-state index is 10.6. The van der Waals surface area contributed by atoms with Crippen LogP contribution in [0.4, 0.5) is 32.2 Å². The molecule has 0 radical (unpaired) electrons. The summed E-state index contributed by atoms with van der Waals surface area (Å²) in [6.07, 6.45) is 1.10. The lowest BCUT2D eigenvalue weighted by Crippen LogP contribution is -2.46. The number of halogens is 6. The molecule has 36 heavy (non-hydrogen) atoms. The van der Waals surface area contributed by atoms with Crippen LogP contribution in [0, 0.1) is 0 Å². The summed E-state index contributed by atoms with van der Waals surface area (Å²) in [5.41, 5.74) is 2.25. The molecular formula is C20H20F6N6O4. The van der Waals surface area contributed by atoms with Crippen LogP contribution in [0.1, 0.15) is 5.56 Å². The number of hydrogen-bond donors (Lipinski definition) is 2. The van der Waals surface area contributed by atoms with Crippen molar-refractivity contribution in [1.82, 2.24) is 24.3 Å². The number of pyridine rings is 1. The molecule has 1 fully saturated rings. The third-order valence-electron chi connectivity index (χ3n) is 4.61. The Hall–Kier alpha value is -3.95. The highest BCUT2D eigenvalue weighted by molar-refractivity contribution is 5.73. The quantitative estimate of drug-likeness (QED) is 0.500. The number of carboxylic acids is 2. The number of hydrogen-bond acceptors (Lipinski definition) is 7. The highest BCUT2D eigenvalue weighted by atomic mass is 19.4. The monoisotopic (exact) mass is 522 g/mol. The molecule has 0 aliphatic carbocycles. The predicted molar refractivity (Wildman–Crippen MR) is 112 cm³/mol. The smallest absolute Gasteiger partial charge is 0.475 e. The van der Waals surface area contributed by atoms with Gasteiger partial charge in [-0.1, -0.05) is 0 Å². The van der Waals surface area contributed by atoms with E-state index in [0.717, 1.165) is 44.2 Å². The van der Waals surface area contributed by atoms with Crippen molar-refractivity contribution < 1.29 is 46.1 Å². The van der Waals surface area contributed by atoms with Crippen molar-refractivity contribution in [1.29, 1.82) is 0 Å². The van der Waals surface area contributed by atoms with Crippen molar-refractivity contribution in [3.05, 3.63) is 54.9 Å². The fraction of sp³-hybridized carbons (Fsp3) is 0.350. The third kappa shape index (κ3) is 8.68. The van der Waals surface area contributed by atoms with Gasteiger partial charge in [0.05, 0.1) is 0 Å². The van der Waals surface area contributed by atoms with Crippen LogP contribution in [0.5, 0.6) is 0 Å². The molecular weight excluding hydrogens is 502 g/mol. The van der Waals surface area contributed by atoms with Crippen LogP contribution >= 0.6 is 0 Å². The number of nitrogens with zero attached hydrogens (tertiary/aromatic N) is 6. The van der Waals surface area contributed by atoms with Crippen LogP contribution in [0.25, 0.3) is 5.65 Å². The van der Waals surface area contributed by atoms with Crippen molar-refractivity contribution in [2.45, 2.75) is 18.9 Å². The fourth-order valence-electron chi connectivity index (χ4n) is 2.93. The summed E-state index contributed by atoms with van der Waals surface area (Å²) < 4.78 is 65.5. The van der Waals surface area contributed by atoms with Crippen LogP contribution < -0.4 is 4.90 Å². The Kier molecular flexibility index (Phi) is 9.54. The average Bonchev–Trinajstić information content (AvgIpc) is 3.29. The van der Waals surface area contributed by atoms with Gasteiger partial charge >= 0.3 is 24.3 Å². The highest BCUT2D eigenvalue weighted by Gasteiger charge is 2.38. The van der Waals surface area contributed by atoms with Gasteiger partial charge in [-0.25, -0.2) is 19.6 Å². The molecule has 0 atom stereocenters. The summed E-state index contributed by atoms with van der Waals surface area (Å²) in [7, 11) is 0. The summed E-state index contributed by atoms with van der Waals surface area (Å²) in [6, 6.07) is 4.17. The van der Waals surface area contributed by atoms with Crippen molar-refractivity contribution in [2.75, 3.05) is 31.1 Å². The second-order valence-corrected chi connectivity index (χ2v) is 7.13. The summed E-state index contributed by atoms with van der Waals surface area (Å²) >= 11 is 0. The van der Waals surface area contributed by atoms with E-state index in [2.05, 4.69) is 36.9 Å². The lowest BCUT2D eigenvalue weighted by Gasteiger charge is -2.35. The van der Waals surface area contributed by atoms with Crippen molar-refractivity contribution in [3.63, 3.8) is 0 Å². The molecule has 1 aliphatic heterocycles. The zero-order valence-corrected chi connectivity index (χ0v) is 18.3. The van der Waals surface area contributed by atoms with E-state index < -0.39 is 24.3 Å². The largest absolute Gasteiger partial charge is 0.490 e. The van der Waals surface area contributed by atoms with Gasteiger partial charge in [-0.3, -0.25) is 9.88 Å². The van der Waals surface area contributed by atoms with Gasteiger partial charge in [0.15, 0.2) is 11.5 Å². The van der Waals surface area contributed by atoms with E-state index in [-0.39, 0.29) is 0 Å². The molecule has 3 aromatic rings. The number of fused-ring (bicyclic) bond motifs is 1. The molecule has 0 spiro atoms. The second-order valence-electron chi connectivity index (χ2n) is 7.13. The van der Waals surface area contributed by atoms with Crippen LogP contribution in [0.3, 0.4) is 0 Å². The second kappa shape index (κ2) is 12.1. The molecule has 0 bridgehead atoms. The molecule has 0 amide bonds. The van der Waals surface area contributed by atoms with Gasteiger partial charge < -0.3 is 19.5 Å². The number of imidazole rings is 1. The Labute approximate surface area is 199 Å². The van der Waals surface area contributed by atoms with E-state index in [1.165, 1.54) is 5.56 Å². The molecule has 10 nitrogen and oxygen atoms in total. The summed E-state index contributed by atoms with van der Waals surface area (Å²) in [5.74, 6) is -4.53. The molecule has 16 heteroatoms. The topological polar surface area (TPSA) is 124 Å². The SMILES string of the molecule is O=C(O)C(F)(F)F.O=C(O)C(F)(F)F.c1cc(CN2CCN(c3nccn4ccnc34)CC2)ccn1. The molecule has 3 aromatic heterocycles. The van der Waals surface area contributed by atoms with Gasteiger partial charge in [0.1, 0.15) is 0 Å². The van der Waals surface area contributed by atoms with E-state index in [1.807, 2.05) is 41.6 Å². The first-order valence-electron chi connectivity index (χ1n) is 10.0. The van der Waals surface area contributed by atoms with Gasteiger partial charge in [-0.15, -0.1) is 0 Å². The van der Waals surface area contributed by atoms with Gasteiger partial charge in [-0.2, -0.15) is 26.3 Å². The van der Waals surface area contributed by atoms with Gasteiger partial charge in [0.2, 0.25) is 0 Å². The van der Waals surface area contributed by atoms with Gasteiger partial charge in [-0.05, 0) is 17.7 Å². The summed E-state index contributed by atoms with van der Waals surface area (Å²) in [5, 5.41) is 14.2. The molecule has 196 valence electrons. The Bertz CT molecular complexity index is 1110. The number of aliphatic carboxylic acids is 2. The summed E-state index contributed by atoms with van der Waals surface area (Å²) in [6.45, 7) is 5.00. The molecule has 1 aliphatic rings. The highest BCUT2D eigenvalue weighted by Crippen LogP contribution is 2.19. The molecule has 2 N–H and O–H groups in total. The van der Waals surface area contributed by atoms with E-state index in [0.29, 0.717) is 0 Å². The van der Waals surface area contributed by atoms with Crippen LogP contribution in [0.15, 0.2) is 49.3 Å². The molecule has 1 saturated heterocycles. The minimum atomic E-state index is -5.08. The Balaban J connectivity index is 0.000000271. The molecule has 4 heterocycles. The maximum absolute atomic E-state index is 10.6. The molecule has 0 unspecified atom stereocenters. The zero-order valence-electron chi connectivity index (χ0n) is 18.3. The Morgan fingerprint density at radius 2 is 1.28 bits per heavy atom. The number of alkyl halides is 6. The first-order valence-corrected chi connectivity index (χ1v) is 10.0. The van der Waals surface area contributed by atoms with E-state index in [9.17, 15) is 26.3 Å². The standard InChI is InChI=1S/C16H18N6.2C2HF3O2/c1-3-17-4-2-14(1)13-20-9-11-22(12-10-20)16-15-18-5-7-21(15)8-6-19-16;2*3-2(4,5)1(6)7/h1-8H,9-13H2;2*(H,6,7). The third-order valence-corrected chi connectivity index (χ3v) is 4.61. The Morgan fingerprint density at radius 3 is 1.75 bits per heavy atom. The van der Waals surface area contributed by atoms with Crippen molar-refractivity contribution in [2.24, 2.45) is 0 Å². The van der Waals surface area contributed by atoms with E-state index in [4.69, 9.17) is 19.8 Å². The minimum absolute atomic E-state index is 0.935. The Morgan fingerprint density at radius 1 is 0.806 bits per heavy atom. The number of anilines is 1. The lowest BCUT2D eigenvalue weighted by atomic mass is 10.2. The number of piperazine rings is 1. The normalized spacial score (nSPS) is 14.3. The lowest BCUT2D eigenvalue weighted by molar-refractivity contribution is -0.193. The maximum Gasteiger partial charge on any atom is 0.490 e. The zero-order chi connectivity index (χ0) is 26.9. The molecule has 0 saturated carbocycles. The summed E-state index contributed by atoms with van der Waals surface area (Å²) in [4.78, 5) is 35.6. The number of carbonyl (C=O) groups is 2. The van der Waals surface area contributed by atoms with Crippen molar-refractivity contribution in [3.8, 4) is 0 Å².